The molecule has 0 saturated heterocycles. The van der Waals surface area contributed by atoms with E-state index < -0.39 is 5.41 Å². The first-order chi connectivity index (χ1) is 20.8. The average Bonchev–Trinajstić information content (AvgIpc) is 3.36. The molecule has 7 aromatic carbocycles. The molecule has 0 fully saturated rings. The molecule has 1 nitrogen and oxygen atoms in total. The Labute approximate surface area is 246 Å². The van der Waals surface area contributed by atoms with Gasteiger partial charge in [-0.3, -0.25) is 0 Å². The number of rotatable bonds is 5. The first-order valence-corrected chi connectivity index (χ1v) is 14.5. The van der Waals surface area contributed by atoms with Gasteiger partial charge in [0.1, 0.15) is 0 Å². The maximum Gasteiger partial charge on any atom is 0.0714 e. The van der Waals surface area contributed by atoms with E-state index in [9.17, 15) is 0 Å². The molecule has 7 aromatic rings. The van der Waals surface area contributed by atoms with E-state index in [1.165, 1.54) is 55.3 Å². The Morgan fingerprint density at radius 1 is 0.405 bits per heavy atom. The molecule has 8 rings (SSSR count). The van der Waals surface area contributed by atoms with Gasteiger partial charge in [-0.15, -0.1) is 0 Å². The average molecular weight is 536 g/mol. The normalized spacial score (nSPS) is 15.2. The minimum atomic E-state index is -0.464. The molecular formula is C41H29N. The maximum absolute atomic E-state index is 3.78. The Kier molecular flexibility index (Phi) is 5.75. The minimum absolute atomic E-state index is 0.464. The summed E-state index contributed by atoms with van der Waals surface area (Å²) < 4.78 is 0. The molecule has 0 radical (unpaired) electrons. The first kappa shape index (κ1) is 24.4. The highest BCUT2D eigenvalue weighted by Gasteiger charge is 2.46. The Bertz CT molecular complexity index is 2050. The largest absolute Gasteiger partial charge is 0.355 e. The summed E-state index contributed by atoms with van der Waals surface area (Å²) >= 11 is 0. The van der Waals surface area contributed by atoms with Crippen LogP contribution in [-0.4, -0.2) is 0 Å². The van der Waals surface area contributed by atoms with E-state index in [1.807, 2.05) is 0 Å². The van der Waals surface area contributed by atoms with E-state index in [4.69, 9.17) is 0 Å². The highest BCUT2D eigenvalue weighted by molar-refractivity contribution is 5.96. The Hall–Kier alpha value is -5.40. The van der Waals surface area contributed by atoms with Crippen LogP contribution in [0.4, 0.5) is 11.4 Å². The molecule has 0 aliphatic heterocycles. The summed E-state index contributed by atoms with van der Waals surface area (Å²) in [7, 11) is 0. The summed E-state index contributed by atoms with van der Waals surface area (Å²) in [5, 5.41) is 6.23. The third-order valence-electron chi connectivity index (χ3n) is 8.72. The predicted octanol–water partition coefficient (Wildman–Crippen LogP) is 10.6. The van der Waals surface area contributed by atoms with Crippen LogP contribution in [0.5, 0.6) is 0 Å². The molecule has 1 aliphatic rings. The molecular weight excluding hydrogens is 506 g/mol. The lowest BCUT2D eigenvalue weighted by Gasteiger charge is -2.34. The van der Waals surface area contributed by atoms with Gasteiger partial charge >= 0.3 is 0 Å². The predicted molar refractivity (Wildman–Crippen MR) is 176 cm³/mol. The summed E-state index contributed by atoms with van der Waals surface area (Å²) in [6, 6.07) is 61.6. The molecule has 198 valence electrons. The van der Waals surface area contributed by atoms with E-state index in [0.29, 0.717) is 0 Å². The molecule has 0 aromatic heterocycles. The van der Waals surface area contributed by atoms with Gasteiger partial charge in [0.25, 0.3) is 0 Å². The molecule has 0 amide bonds. The number of anilines is 2. The fourth-order valence-electron chi connectivity index (χ4n) is 6.89. The van der Waals surface area contributed by atoms with Gasteiger partial charge in [0.2, 0.25) is 0 Å². The number of benzene rings is 7. The maximum atomic E-state index is 3.78. The van der Waals surface area contributed by atoms with Crippen LogP contribution >= 0.6 is 0 Å². The highest BCUT2D eigenvalue weighted by Crippen LogP contribution is 2.57. The summed E-state index contributed by atoms with van der Waals surface area (Å²) in [4.78, 5) is 0. The van der Waals surface area contributed by atoms with Crippen molar-refractivity contribution in [3.8, 4) is 22.3 Å². The van der Waals surface area contributed by atoms with Crippen LogP contribution in [0.2, 0.25) is 0 Å². The zero-order valence-electron chi connectivity index (χ0n) is 23.2. The van der Waals surface area contributed by atoms with Crippen LogP contribution in [0.15, 0.2) is 170 Å². The molecule has 0 spiro atoms. The third-order valence-corrected chi connectivity index (χ3v) is 8.72. The fraction of sp³-hybridized carbons (Fsp3) is 0.0244. The molecule has 0 heterocycles. The molecule has 1 N–H and O–H groups in total. The summed E-state index contributed by atoms with van der Waals surface area (Å²) in [5.74, 6) is 0. The third kappa shape index (κ3) is 3.78. The van der Waals surface area contributed by atoms with Crippen molar-refractivity contribution in [3.63, 3.8) is 0 Å². The molecule has 1 heteroatoms. The lowest BCUT2D eigenvalue weighted by atomic mass is 9.67. The molecule has 0 saturated carbocycles. The quantitative estimate of drug-likeness (QED) is 0.231. The molecule has 0 bridgehead atoms. The second kappa shape index (κ2) is 9.90. The summed E-state index contributed by atoms with van der Waals surface area (Å²) in [6.45, 7) is 0. The van der Waals surface area contributed by atoms with Crippen molar-refractivity contribution in [1.82, 2.24) is 0 Å². The number of hydrogen-bond donors (Lipinski definition) is 1. The zero-order valence-corrected chi connectivity index (χ0v) is 23.2. The fourth-order valence-corrected chi connectivity index (χ4v) is 6.89. The van der Waals surface area contributed by atoms with Crippen LogP contribution < -0.4 is 5.32 Å². The second-order valence-electron chi connectivity index (χ2n) is 11.0. The summed E-state index contributed by atoms with van der Waals surface area (Å²) in [6.07, 6.45) is 0. The van der Waals surface area contributed by atoms with Crippen LogP contribution in [0.25, 0.3) is 33.0 Å². The van der Waals surface area contributed by atoms with E-state index in [2.05, 4.69) is 175 Å². The molecule has 42 heavy (non-hydrogen) atoms. The molecule has 1 aliphatic carbocycles. The van der Waals surface area contributed by atoms with Crippen LogP contribution in [0.3, 0.4) is 0 Å². The van der Waals surface area contributed by atoms with Gasteiger partial charge in [-0.2, -0.15) is 0 Å². The highest BCUT2D eigenvalue weighted by atomic mass is 14.9. The summed E-state index contributed by atoms with van der Waals surface area (Å²) in [5.41, 5.74) is 11.9. The standard InChI is InChI=1S/C41H29N/c1-3-13-29(14-4-1)31-17-11-20-33(27-31)41(32-18-5-2-6-19-32)38-23-10-9-22-36(38)37-26-25-34(28-39(37)41)42-40-24-12-16-30-15-7-8-21-35(30)40/h1-28,42H. The lowest BCUT2D eigenvalue weighted by Crippen LogP contribution is -2.28. The van der Waals surface area contributed by atoms with Crippen molar-refractivity contribution >= 4 is 22.1 Å². The Balaban J connectivity index is 1.38. The molecule has 1 unspecified atom stereocenters. The topological polar surface area (TPSA) is 12.0 Å². The van der Waals surface area contributed by atoms with Crippen LogP contribution in [-0.2, 0) is 5.41 Å². The van der Waals surface area contributed by atoms with Crippen molar-refractivity contribution < 1.29 is 0 Å². The SMILES string of the molecule is c1ccc(-c2cccc(C3(c4ccccc4)c4ccccc4-c4ccc(Nc5cccc6ccccc56)cc43)c2)cc1. The van der Waals surface area contributed by atoms with Crippen molar-refractivity contribution in [2.24, 2.45) is 0 Å². The van der Waals surface area contributed by atoms with Gasteiger partial charge < -0.3 is 5.32 Å². The lowest BCUT2D eigenvalue weighted by molar-refractivity contribution is 0.769. The van der Waals surface area contributed by atoms with Crippen molar-refractivity contribution in [3.05, 3.63) is 192 Å². The first-order valence-electron chi connectivity index (χ1n) is 14.5. The number of nitrogens with one attached hydrogen (secondary N) is 1. The monoisotopic (exact) mass is 535 g/mol. The van der Waals surface area contributed by atoms with Crippen molar-refractivity contribution in [2.45, 2.75) is 5.41 Å². The number of hydrogen-bond acceptors (Lipinski definition) is 1. The van der Waals surface area contributed by atoms with Gasteiger partial charge in [0, 0.05) is 16.8 Å². The smallest absolute Gasteiger partial charge is 0.0714 e. The second-order valence-corrected chi connectivity index (χ2v) is 11.0. The van der Waals surface area contributed by atoms with Gasteiger partial charge in [0.15, 0.2) is 0 Å². The van der Waals surface area contributed by atoms with E-state index >= 15 is 0 Å². The van der Waals surface area contributed by atoms with Crippen molar-refractivity contribution in [1.29, 1.82) is 0 Å². The Morgan fingerprint density at radius 2 is 1.05 bits per heavy atom. The van der Waals surface area contributed by atoms with E-state index in [-0.39, 0.29) is 0 Å². The van der Waals surface area contributed by atoms with Gasteiger partial charge in [-0.1, -0.05) is 146 Å². The molecule has 1 atom stereocenters. The van der Waals surface area contributed by atoms with Gasteiger partial charge in [0.05, 0.1) is 5.41 Å². The van der Waals surface area contributed by atoms with Crippen LogP contribution in [0.1, 0.15) is 22.3 Å². The Morgan fingerprint density at radius 3 is 1.93 bits per heavy atom. The number of fused-ring (bicyclic) bond motifs is 4. The zero-order chi connectivity index (χ0) is 27.9. The van der Waals surface area contributed by atoms with E-state index in [1.54, 1.807) is 0 Å². The minimum Gasteiger partial charge on any atom is -0.355 e. The van der Waals surface area contributed by atoms with Crippen molar-refractivity contribution in [2.75, 3.05) is 5.32 Å². The van der Waals surface area contributed by atoms with Gasteiger partial charge in [-0.05, 0) is 74.2 Å². The van der Waals surface area contributed by atoms with E-state index in [0.717, 1.165) is 11.4 Å². The van der Waals surface area contributed by atoms with Gasteiger partial charge in [-0.25, -0.2) is 0 Å². The van der Waals surface area contributed by atoms with Crippen LogP contribution in [0, 0.1) is 0 Å².